The normalized spacial score (nSPS) is 10.4. The van der Waals surface area contributed by atoms with Crippen LogP contribution in [0.1, 0.15) is 0 Å². The maximum atomic E-state index is 10.3. The lowest BCUT2D eigenvalue weighted by molar-refractivity contribution is 0.477. The number of H-pyrrole nitrogens is 1. The Hall–Kier alpha value is -3.09. The molecule has 0 saturated carbocycles. The molecule has 20 heavy (non-hydrogen) atoms. The molecule has 98 valence electrons. The van der Waals surface area contributed by atoms with Gasteiger partial charge in [-0.25, -0.2) is 0 Å². The van der Waals surface area contributed by atoms with E-state index in [4.69, 9.17) is 0 Å². The highest BCUT2D eigenvalue weighted by atomic mass is 16.3. The molecule has 0 unspecified atom stereocenters. The van der Waals surface area contributed by atoms with Crippen molar-refractivity contribution in [3.8, 4) is 28.1 Å². The molecule has 0 spiro atoms. The second-order valence-corrected chi connectivity index (χ2v) is 4.09. The maximum Gasteiger partial charge on any atom is 0.218 e. The molecule has 0 bridgehead atoms. The predicted octanol–water partition coefficient (Wildman–Crippen LogP) is 2.64. The number of aromatic amines is 1. The number of hydrogen-bond donors (Lipinski definition) is 2. The zero-order valence-electron chi connectivity index (χ0n) is 10.2. The van der Waals surface area contributed by atoms with Crippen molar-refractivity contribution in [2.75, 3.05) is 0 Å². The lowest BCUT2D eigenvalue weighted by atomic mass is 10.0. The van der Waals surface area contributed by atoms with Crippen molar-refractivity contribution < 1.29 is 5.11 Å². The standard InChI is InChI=1S/C13H9N5O2/c19-12-5-8(9-6-14-15-7-9)1-2-10(12)11-3-4-13(18-20)17-16-11/h1-7,19H,(H,14,15). The fraction of sp³-hybridized carbons (Fsp3) is 0. The van der Waals surface area contributed by atoms with E-state index in [2.05, 4.69) is 25.6 Å². The molecule has 0 saturated heterocycles. The first-order chi connectivity index (χ1) is 9.78. The van der Waals surface area contributed by atoms with Gasteiger partial charge in [0.2, 0.25) is 5.82 Å². The van der Waals surface area contributed by atoms with Gasteiger partial charge in [-0.15, -0.1) is 15.1 Å². The molecule has 7 nitrogen and oxygen atoms in total. The summed E-state index contributed by atoms with van der Waals surface area (Å²) in [6.07, 6.45) is 3.40. The topological polar surface area (TPSA) is 104 Å². The molecule has 3 rings (SSSR count). The third-order valence-electron chi connectivity index (χ3n) is 2.85. The van der Waals surface area contributed by atoms with Crippen LogP contribution in [0.3, 0.4) is 0 Å². The first kappa shape index (κ1) is 12.0. The van der Waals surface area contributed by atoms with Crippen LogP contribution in [-0.2, 0) is 0 Å². The Bertz CT molecular complexity index is 738. The number of phenols is 1. The second-order valence-electron chi connectivity index (χ2n) is 4.09. The van der Waals surface area contributed by atoms with E-state index in [1.165, 1.54) is 6.07 Å². The molecular formula is C13H9N5O2. The first-order valence-corrected chi connectivity index (χ1v) is 5.77. The number of phenolic OH excluding ortho intramolecular Hbond substituents is 1. The van der Waals surface area contributed by atoms with E-state index in [0.29, 0.717) is 11.3 Å². The van der Waals surface area contributed by atoms with E-state index >= 15 is 0 Å². The number of aromatic hydroxyl groups is 1. The summed E-state index contributed by atoms with van der Waals surface area (Å²) in [5, 5.41) is 26.8. The lowest BCUT2D eigenvalue weighted by Gasteiger charge is -2.05. The van der Waals surface area contributed by atoms with Crippen molar-refractivity contribution >= 4 is 5.82 Å². The van der Waals surface area contributed by atoms with Crippen LogP contribution in [0.15, 0.2) is 47.9 Å². The third kappa shape index (κ3) is 2.12. The summed E-state index contributed by atoms with van der Waals surface area (Å²) in [6.45, 7) is 0. The minimum Gasteiger partial charge on any atom is -0.507 e. The molecule has 0 amide bonds. The van der Waals surface area contributed by atoms with Gasteiger partial charge in [0, 0.05) is 17.3 Å². The molecule has 7 heteroatoms. The fourth-order valence-corrected chi connectivity index (χ4v) is 1.85. The summed E-state index contributed by atoms with van der Waals surface area (Å²) in [5.41, 5.74) is 2.70. The quantitative estimate of drug-likeness (QED) is 0.710. The number of rotatable bonds is 3. The van der Waals surface area contributed by atoms with Gasteiger partial charge >= 0.3 is 0 Å². The van der Waals surface area contributed by atoms with Gasteiger partial charge in [-0.3, -0.25) is 5.10 Å². The summed E-state index contributed by atoms with van der Waals surface area (Å²) < 4.78 is 0. The van der Waals surface area contributed by atoms with Gasteiger partial charge in [0.15, 0.2) is 0 Å². The summed E-state index contributed by atoms with van der Waals surface area (Å²) in [4.78, 5) is 10.3. The molecule has 2 N–H and O–H groups in total. The summed E-state index contributed by atoms with van der Waals surface area (Å²) in [7, 11) is 0. The first-order valence-electron chi connectivity index (χ1n) is 5.77. The Labute approximate surface area is 113 Å². The minimum absolute atomic E-state index is 0.00302. The molecule has 0 aliphatic rings. The minimum atomic E-state index is 0.00302. The van der Waals surface area contributed by atoms with Crippen molar-refractivity contribution in [3.63, 3.8) is 0 Å². The van der Waals surface area contributed by atoms with Crippen LogP contribution in [0, 0.1) is 4.91 Å². The van der Waals surface area contributed by atoms with Crippen molar-refractivity contribution in [2.24, 2.45) is 5.18 Å². The molecule has 1 aromatic carbocycles. The molecule has 0 radical (unpaired) electrons. The monoisotopic (exact) mass is 267 g/mol. The van der Waals surface area contributed by atoms with Crippen molar-refractivity contribution in [1.29, 1.82) is 0 Å². The molecule has 3 aromatic rings. The molecule has 2 aromatic heterocycles. The van der Waals surface area contributed by atoms with Crippen LogP contribution in [0.5, 0.6) is 5.75 Å². The van der Waals surface area contributed by atoms with Crippen LogP contribution in [0.25, 0.3) is 22.4 Å². The van der Waals surface area contributed by atoms with Crippen LogP contribution >= 0.6 is 0 Å². The highest BCUT2D eigenvalue weighted by Crippen LogP contribution is 2.32. The molecule has 0 aliphatic carbocycles. The average Bonchev–Trinajstić information content (AvgIpc) is 3.01. The number of nitrogens with one attached hydrogen (secondary N) is 1. The van der Waals surface area contributed by atoms with Crippen molar-refractivity contribution in [1.82, 2.24) is 20.4 Å². The van der Waals surface area contributed by atoms with Crippen LogP contribution in [0.2, 0.25) is 0 Å². The smallest absolute Gasteiger partial charge is 0.218 e. The Morgan fingerprint density at radius 3 is 2.60 bits per heavy atom. The number of hydrogen-bond acceptors (Lipinski definition) is 6. The second kappa shape index (κ2) is 4.88. The van der Waals surface area contributed by atoms with E-state index in [0.717, 1.165) is 11.1 Å². The van der Waals surface area contributed by atoms with Crippen molar-refractivity contribution in [3.05, 3.63) is 47.6 Å². The Balaban J connectivity index is 2.00. The fourth-order valence-electron chi connectivity index (χ4n) is 1.85. The van der Waals surface area contributed by atoms with E-state index in [1.54, 1.807) is 30.6 Å². The van der Waals surface area contributed by atoms with Gasteiger partial charge in [0.25, 0.3) is 0 Å². The summed E-state index contributed by atoms with van der Waals surface area (Å²) in [6, 6.07) is 8.21. The van der Waals surface area contributed by atoms with Gasteiger partial charge in [0.05, 0.1) is 11.9 Å². The Morgan fingerprint density at radius 1 is 1.10 bits per heavy atom. The zero-order valence-corrected chi connectivity index (χ0v) is 10.2. The number of benzene rings is 1. The third-order valence-corrected chi connectivity index (χ3v) is 2.85. The lowest BCUT2D eigenvalue weighted by Crippen LogP contribution is -1.88. The number of nitroso groups, excluding NO2 is 1. The van der Waals surface area contributed by atoms with E-state index < -0.39 is 0 Å². The van der Waals surface area contributed by atoms with Gasteiger partial charge in [-0.1, -0.05) is 6.07 Å². The zero-order chi connectivity index (χ0) is 13.9. The predicted molar refractivity (Wildman–Crippen MR) is 72.2 cm³/mol. The number of nitrogens with zero attached hydrogens (tertiary/aromatic N) is 4. The molecular weight excluding hydrogens is 258 g/mol. The Morgan fingerprint density at radius 2 is 2.00 bits per heavy atom. The number of aromatic nitrogens is 4. The van der Waals surface area contributed by atoms with Gasteiger partial charge in [0.1, 0.15) is 5.75 Å². The molecule has 0 aliphatic heterocycles. The average molecular weight is 267 g/mol. The maximum absolute atomic E-state index is 10.3. The van der Waals surface area contributed by atoms with Gasteiger partial charge in [-0.2, -0.15) is 5.10 Å². The summed E-state index contributed by atoms with van der Waals surface area (Å²) >= 11 is 0. The van der Waals surface area contributed by atoms with Gasteiger partial charge in [-0.05, 0) is 35.0 Å². The van der Waals surface area contributed by atoms with Crippen molar-refractivity contribution in [2.45, 2.75) is 0 Å². The Kier molecular flexibility index (Phi) is 2.92. The van der Waals surface area contributed by atoms with Crippen LogP contribution in [0.4, 0.5) is 5.82 Å². The van der Waals surface area contributed by atoms with Crippen LogP contribution < -0.4 is 0 Å². The highest BCUT2D eigenvalue weighted by Gasteiger charge is 2.09. The summed E-state index contributed by atoms with van der Waals surface area (Å²) in [5.74, 6) is 0.0769. The van der Waals surface area contributed by atoms with E-state index in [-0.39, 0.29) is 11.6 Å². The molecule has 0 fully saturated rings. The largest absolute Gasteiger partial charge is 0.507 e. The SMILES string of the molecule is O=Nc1ccc(-c2ccc(-c3cn[nH]c3)cc2O)nn1. The molecule has 2 heterocycles. The van der Waals surface area contributed by atoms with Crippen LogP contribution in [-0.4, -0.2) is 25.5 Å². The van der Waals surface area contributed by atoms with E-state index in [1.807, 2.05) is 6.07 Å². The highest BCUT2D eigenvalue weighted by molar-refractivity contribution is 5.73. The van der Waals surface area contributed by atoms with Gasteiger partial charge < -0.3 is 5.11 Å². The van der Waals surface area contributed by atoms with E-state index in [9.17, 15) is 10.0 Å². The molecule has 0 atom stereocenters.